The quantitative estimate of drug-likeness (QED) is 0.569. The number of carbonyl (C=O) groups excluding carboxylic acids is 1. The van der Waals surface area contributed by atoms with Crippen molar-refractivity contribution in [2.75, 3.05) is 12.4 Å². The van der Waals surface area contributed by atoms with Crippen LogP contribution in [0.4, 0.5) is 5.69 Å². The number of para-hydroxylation sites is 1. The van der Waals surface area contributed by atoms with Crippen LogP contribution in [-0.4, -0.2) is 33.0 Å². The van der Waals surface area contributed by atoms with Gasteiger partial charge in [0.1, 0.15) is 5.75 Å². The number of thioether (sulfide) groups is 1. The number of anilines is 1. The van der Waals surface area contributed by atoms with E-state index >= 15 is 0 Å². The number of rotatable bonds is 8. The number of hydrogen-bond acceptors (Lipinski definition) is 5. The van der Waals surface area contributed by atoms with Gasteiger partial charge in [-0.05, 0) is 49.7 Å². The summed E-state index contributed by atoms with van der Waals surface area (Å²) >= 11 is 1.44. The molecule has 0 aliphatic heterocycles. The average Bonchev–Trinajstić information content (AvgIpc) is 3.15. The van der Waals surface area contributed by atoms with Crippen LogP contribution in [0.5, 0.6) is 5.75 Å². The third-order valence-electron chi connectivity index (χ3n) is 4.33. The lowest BCUT2D eigenvalue weighted by Crippen LogP contribution is -2.25. The lowest BCUT2D eigenvalue weighted by Gasteiger charge is -2.15. The van der Waals surface area contributed by atoms with Crippen LogP contribution in [-0.2, 0) is 11.3 Å². The van der Waals surface area contributed by atoms with Crippen LogP contribution in [0.3, 0.4) is 0 Å². The molecule has 0 radical (unpaired) electrons. The topological polar surface area (TPSA) is 69.0 Å². The number of benzene rings is 2. The maximum atomic E-state index is 12.7. The van der Waals surface area contributed by atoms with Crippen LogP contribution in [0.25, 0.3) is 11.4 Å². The Bertz CT molecular complexity index is 910. The highest BCUT2D eigenvalue weighted by atomic mass is 32.2. The first-order valence-corrected chi connectivity index (χ1v) is 10.1. The summed E-state index contributed by atoms with van der Waals surface area (Å²) in [5.74, 6) is 1.55. The smallest absolute Gasteiger partial charge is 0.237 e. The molecule has 146 valence electrons. The molecule has 0 aliphatic carbocycles. The molecule has 0 saturated carbocycles. The van der Waals surface area contributed by atoms with Gasteiger partial charge in [0.05, 0.1) is 12.4 Å². The SMILES string of the molecule is CC[C@H](Sc1nnc(-c2ccc(OC)cc2)n1CC)C(=O)Nc1ccccc1. The van der Waals surface area contributed by atoms with Gasteiger partial charge in [0.15, 0.2) is 11.0 Å². The molecule has 1 atom stereocenters. The molecule has 0 unspecified atom stereocenters. The molecule has 0 fully saturated rings. The van der Waals surface area contributed by atoms with Gasteiger partial charge >= 0.3 is 0 Å². The highest BCUT2D eigenvalue weighted by Crippen LogP contribution is 2.29. The molecular formula is C21H24N4O2S. The maximum Gasteiger partial charge on any atom is 0.237 e. The normalized spacial score (nSPS) is 11.8. The fraction of sp³-hybridized carbons (Fsp3) is 0.286. The number of ether oxygens (including phenoxy) is 1. The first kappa shape index (κ1) is 19.9. The van der Waals surface area contributed by atoms with Gasteiger partial charge in [-0.1, -0.05) is 36.9 Å². The minimum atomic E-state index is -0.251. The van der Waals surface area contributed by atoms with Crippen molar-refractivity contribution in [1.82, 2.24) is 14.8 Å². The van der Waals surface area contributed by atoms with Crippen molar-refractivity contribution in [3.05, 3.63) is 54.6 Å². The molecule has 1 amide bonds. The molecule has 7 heteroatoms. The van der Waals surface area contributed by atoms with Gasteiger partial charge in [-0.15, -0.1) is 10.2 Å². The van der Waals surface area contributed by atoms with E-state index in [4.69, 9.17) is 4.74 Å². The highest BCUT2D eigenvalue weighted by molar-refractivity contribution is 8.00. The van der Waals surface area contributed by atoms with Crippen LogP contribution in [0, 0.1) is 0 Å². The van der Waals surface area contributed by atoms with E-state index < -0.39 is 0 Å². The van der Waals surface area contributed by atoms with Gasteiger partial charge in [-0.2, -0.15) is 0 Å². The minimum absolute atomic E-state index is 0.0321. The Kier molecular flexibility index (Phi) is 6.71. The second kappa shape index (κ2) is 9.41. The summed E-state index contributed by atoms with van der Waals surface area (Å²) in [5, 5.41) is 12.2. The fourth-order valence-corrected chi connectivity index (χ4v) is 3.83. The Hall–Kier alpha value is -2.80. The second-order valence-corrected chi connectivity index (χ2v) is 7.32. The minimum Gasteiger partial charge on any atom is -0.497 e. The van der Waals surface area contributed by atoms with Gasteiger partial charge in [0.2, 0.25) is 5.91 Å². The number of methoxy groups -OCH3 is 1. The van der Waals surface area contributed by atoms with E-state index in [0.29, 0.717) is 13.0 Å². The zero-order valence-electron chi connectivity index (χ0n) is 16.3. The molecule has 1 N–H and O–H groups in total. The van der Waals surface area contributed by atoms with Crippen LogP contribution >= 0.6 is 11.8 Å². The van der Waals surface area contributed by atoms with E-state index in [2.05, 4.69) is 15.5 Å². The van der Waals surface area contributed by atoms with E-state index in [1.807, 2.05) is 73.0 Å². The first-order valence-electron chi connectivity index (χ1n) is 9.26. The molecule has 6 nitrogen and oxygen atoms in total. The van der Waals surface area contributed by atoms with E-state index in [-0.39, 0.29) is 11.2 Å². The fourth-order valence-electron chi connectivity index (χ4n) is 2.81. The van der Waals surface area contributed by atoms with Gasteiger partial charge in [-0.3, -0.25) is 4.79 Å². The third kappa shape index (κ3) is 4.54. The van der Waals surface area contributed by atoms with Gasteiger partial charge in [-0.25, -0.2) is 0 Å². The van der Waals surface area contributed by atoms with Crippen molar-refractivity contribution >= 4 is 23.4 Å². The largest absolute Gasteiger partial charge is 0.497 e. The first-order chi connectivity index (χ1) is 13.7. The predicted octanol–water partition coefficient (Wildman–Crippen LogP) is 4.48. The van der Waals surface area contributed by atoms with E-state index in [9.17, 15) is 4.79 Å². The van der Waals surface area contributed by atoms with Crippen molar-refractivity contribution in [3.8, 4) is 17.1 Å². The lowest BCUT2D eigenvalue weighted by molar-refractivity contribution is -0.115. The summed E-state index contributed by atoms with van der Waals surface area (Å²) in [6.45, 7) is 4.76. The van der Waals surface area contributed by atoms with Crippen molar-refractivity contribution in [1.29, 1.82) is 0 Å². The number of carbonyl (C=O) groups is 1. The maximum absolute atomic E-state index is 12.7. The third-order valence-corrected chi connectivity index (χ3v) is 5.68. The Labute approximate surface area is 169 Å². The molecule has 3 rings (SSSR count). The second-order valence-electron chi connectivity index (χ2n) is 6.15. The Morgan fingerprint density at radius 3 is 2.43 bits per heavy atom. The highest BCUT2D eigenvalue weighted by Gasteiger charge is 2.22. The summed E-state index contributed by atoms with van der Waals surface area (Å²) in [7, 11) is 1.64. The Morgan fingerprint density at radius 1 is 1.11 bits per heavy atom. The summed E-state index contributed by atoms with van der Waals surface area (Å²) in [6.07, 6.45) is 0.692. The van der Waals surface area contributed by atoms with Gasteiger partial charge < -0.3 is 14.6 Å². The van der Waals surface area contributed by atoms with Crippen molar-refractivity contribution in [2.24, 2.45) is 0 Å². The number of aromatic nitrogens is 3. The molecule has 1 aromatic heterocycles. The van der Waals surface area contributed by atoms with Gasteiger partial charge in [0.25, 0.3) is 0 Å². The van der Waals surface area contributed by atoms with Crippen molar-refractivity contribution in [2.45, 2.75) is 37.2 Å². The lowest BCUT2D eigenvalue weighted by atomic mass is 10.2. The standard InChI is InChI=1S/C21H24N4O2S/c1-4-18(20(26)22-16-9-7-6-8-10-16)28-21-24-23-19(25(21)5-2)15-11-13-17(27-3)14-12-15/h6-14,18H,4-5H2,1-3H3,(H,22,26)/t18-/m0/s1. The molecule has 3 aromatic rings. The number of nitrogens with one attached hydrogen (secondary N) is 1. The Balaban J connectivity index is 1.78. The average molecular weight is 397 g/mol. The molecule has 0 bridgehead atoms. The molecule has 28 heavy (non-hydrogen) atoms. The monoisotopic (exact) mass is 396 g/mol. The number of nitrogens with zero attached hydrogens (tertiary/aromatic N) is 3. The van der Waals surface area contributed by atoms with Crippen molar-refractivity contribution < 1.29 is 9.53 Å². The molecule has 0 saturated heterocycles. The van der Waals surface area contributed by atoms with Gasteiger partial charge in [0, 0.05) is 17.8 Å². The summed E-state index contributed by atoms with van der Waals surface area (Å²) in [4.78, 5) is 12.7. The zero-order valence-corrected chi connectivity index (χ0v) is 17.1. The summed E-state index contributed by atoms with van der Waals surface area (Å²) in [6, 6.07) is 17.2. The Morgan fingerprint density at radius 2 is 1.82 bits per heavy atom. The molecule has 0 spiro atoms. The summed E-state index contributed by atoms with van der Waals surface area (Å²) < 4.78 is 7.25. The van der Waals surface area contributed by atoms with Crippen LogP contribution in [0.15, 0.2) is 59.8 Å². The van der Waals surface area contributed by atoms with E-state index in [1.165, 1.54) is 11.8 Å². The molecule has 1 heterocycles. The van der Waals surface area contributed by atoms with Crippen molar-refractivity contribution in [3.63, 3.8) is 0 Å². The molecular weight excluding hydrogens is 372 g/mol. The van der Waals surface area contributed by atoms with E-state index in [1.54, 1.807) is 7.11 Å². The summed E-state index contributed by atoms with van der Waals surface area (Å²) in [5.41, 5.74) is 1.76. The van der Waals surface area contributed by atoms with Crippen LogP contribution < -0.4 is 10.1 Å². The number of amides is 1. The predicted molar refractivity (Wildman–Crippen MR) is 113 cm³/mol. The van der Waals surface area contributed by atoms with Crippen LogP contribution in [0.1, 0.15) is 20.3 Å². The molecule has 2 aromatic carbocycles. The van der Waals surface area contributed by atoms with E-state index in [0.717, 1.165) is 28.0 Å². The molecule has 0 aliphatic rings. The zero-order chi connectivity index (χ0) is 19.9. The van der Waals surface area contributed by atoms with Crippen LogP contribution in [0.2, 0.25) is 0 Å². The number of hydrogen-bond donors (Lipinski definition) is 1.